The number of ether oxygens (including phenoxy) is 2. The molecule has 0 bridgehead atoms. The van der Waals surface area contributed by atoms with Crippen LogP contribution in [0.25, 0.3) is 6.08 Å². The molecule has 0 saturated heterocycles. The van der Waals surface area contributed by atoms with E-state index in [0.29, 0.717) is 5.56 Å². The van der Waals surface area contributed by atoms with Gasteiger partial charge in [-0.3, -0.25) is 0 Å². The second kappa shape index (κ2) is 9.27. The summed E-state index contributed by atoms with van der Waals surface area (Å²) in [4.78, 5) is 0. The summed E-state index contributed by atoms with van der Waals surface area (Å²) >= 11 is 0. The molecular weight excluding hydrogens is 348 g/mol. The van der Waals surface area contributed by atoms with Gasteiger partial charge in [0, 0.05) is 12.0 Å². The lowest BCUT2D eigenvalue weighted by atomic mass is 10.0. The van der Waals surface area contributed by atoms with Crippen molar-refractivity contribution >= 4 is 6.08 Å². The van der Waals surface area contributed by atoms with Gasteiger partial charge in [0.05, 0.1) is 13.2 Å². The van der Waals surface area contributed by atoms with Gasteiger partial charge < -0.3 is 9.47 Å². The van der Waals surface area contributed by atoms with E-state index in [0.717, 1.165) is 0 Å². The summed E-state index contributed by atoms with van der Waals surface area (Å²) in [5.74, 6) is -3.59. The zero-order valence-electron chi connectivity index (χ0n) is 14.6. The Morgan fingerprint density at radius 1 is 1.00 bits per heavy atom. The minimum absolute atomic E-state index is 0.0970. The molecule has 26 heavy (non-hydrogen) atoms. The Hall–Kier alpha value is -2.50. The van der Waals surface area contributed by atoms with Crippen LogP contribution in [0.1, 0.15) is 37.6 Å². The Balaban J connectivity index is 1.98. The number of benzene rings is 2. The highest BCUT2D eigenvalue weighted by molar-refractivity contribution is 5.49. The summed E-state index contributed by atoms with van der Waals surface area (Å²) in [5, 5.41) is 0. The van der Waals surface area contributed by atoms with Crippen LogP contribution in [0.15, 0.2) is 36.4 Å². The predicted octanol–water partition coefficient (Wildman–Crippen LogP) is 6.02. The third kappa shape index (κ3) is 4.77. The van der Waals surface area contributed by atoms with Crippen LogP contribution >= 0.6 is 0 Å². The molecule has 0 amide bonds. The molecular formula is C20H20F4O2. The highest BCUT2D eigenvalue weighted by Gasteiger charge is 2.18. The fourth-order valence-electron chi connectivity index (χ4n) is 2.41. The molecule has 6 heteroatoms. The van der Waals surface area contributed by atoms with E-state index in [9.17, 15) is 17.6 Å². The molecule has 140 valence electrons. The molecule has 1 atom stereocenters. The van der Waals surface area contributed by atoms with Gasteiger partial charge in [0.2, 0.25) is 11.6 Å². The van der Waals surface area contributed by atoms with E-state index in [1.54, 1.807) is 32.1 Å². The number of halogens is 4. The normalized spacial score (nSPS) is 12.4. The van der Waals surface area contributed by atoms with Gasteiger partial charge in [-0.2, -0.15) is 8.78 Å². The van der Waals surface area contributed by atoms with Gasteiger partial charge in [0.15, 0.2) is 11.5 Å². The lowest BCUT2D eigenvalue weighted by molar-refractivity contribution is 0.224. The van der Waals surface area contributed by atoms with E-state index in [-0.39, 0.29) is 36.7 Å². The Kier molecular flexibility index (Phi) is 7.06. The highest BCUT2D eigenvalue weighted by Crippen LogP contribution is 2.29. The molecule has 0 saturated carbocycles. The number of rotatable bonds is 8. The third-order valence-corrected chi connectivity index (χ3v) is 3.66. The Morgan fingerprint density at radius 3 is 2.23 bits per heavy atom. The SMILES string of the molecule is CC=Cc1ccc(C(F)CCOc2ccc(OCC)c(F)c2F)c(F)c1. The van der Waals surface area contributed by atoms with Crippen LogP contribution in [0, 0.1) is 17.5 Å². The van der Waals surface area contributed by atoms with Crippen LogP contribution in [0.4, 0.5) is 17.6 Å². The Labute approximate surface area is 150 Å². The van der Waals surface area contributed by atoms with Crippen LogP contribution in [0.2, 0.25) is 0 Å². The average molecular weight is 368 g/mol. The molecule has 2 rings (SSSR count). The smallest absolute Gasteiger partial charge is 0.204 e. The van der Waals surface area contributed by atoms with Crippen LogP contribution in [-0.4, -0.2) is 13.2 Å². The van der Waals surface area contributed by atoms with Crippen molar-refractivity contribution in [2.24, 2.45) is 0 Å². The molecule has 2 aromatic rings. The van der Waals surface area contributed by atoms with Crippen molar-refractivity contribution in [2.75, 3.05) is 13.2 Å². The second-order valence-corrected chi connectivity index (χ2v) is 5.51. The minimum atomic E-state index is -1.62. The molecule has 0 heterocycles. The number of allylic oxidation sites excluding steroid dienone is 1. The molecule has 2 aromatic carbocycles. The highest BCUT2D eigenvalue weighted by atomic mass is 19.2. The quantitative estimate of drug-likeness (QED) is 0.531. The second-order valence-electron chi connectivity index (χ2n) is 5.51. The zero-order chi connectivity index (χ0) is 19.1. The van der Waals surface area contributed by atoms with Gasteiger partial charge in [-0.25, -0.2) is 8.78 Å². The first-order valence-electron chi connectivity index (χ1n) is 8.27. The van der Waals surface area contributed by atoms with Crippen molar-refractivity contribution in [1.82, 2.24) is 0 Å². The zero-order valence-corrected chi connectivity index (χ0v) is 14.6. The third-order valence-electron chi connectivity index (χ3n) is 3.66. The summed E-state index contributed by atoms with van der Waals surface area (Å²) in [7, 11) is 0. The molecule has 0 aliphatic heterocycles. The number of hydrogen-bond acceptors (Lipinski definition) is 2. The maximum absolute atomic E-state index is 14.2. The van der Waals surface area contributed by atoms with Crippen molar-refractivity contribution < 1.29 is 27.0 Å². The van der Waals surface area contributed by atoms with E-state index >= 15 is 0 Å². The fourth-order valence-corrected chi connectivity index (χ4v) is 2.41. The monoisotopic (exact) mass is 368 g/mol. The van der Waals surface area contributed by atoms with Crippen LogP contribution in [-0.2, 0) is 0 Å². The molecule has 0 spiro atoms. The van der Waals surface area contributed by atoms with Crippen LogP contribution in [0.3, 0.4) is 0 Å². The molecule has 0 fully saturated rings. The van der Waals surface area contributed by atoms with E-state index in [4.69, 9.17) is 9.47 Å². The van der Waals surface area contributed by atoms with Gasteiger partial charge in [-0.1, -0.05) is 24.3 Å². The van der Waals surface area contributed by atoms with E-state index in [1.165, 1.54) is 24.3 Å². The van der Waals surface area contributed by atoms with Gasteiger partial charge >= 0.3 is 0 Å². The molecule has 1 unspecified atom stereocenters. The standard InChI is InChI=1S/C20H20F4O2/c1-3-5-13-6-7-14(16(22)12-13)15(21)10-11-26-18-9-8-17(25-4-2)19(23)20(18)24/h3,5-9,12,15H,4,10-11H2,1-2H3. The summed E-state index contributed by atoms with van der Waals surface area (Å²) in [5.41, 5.74) is 0.532. The summed E-state index contributed by atoms with van der Waals surface area (Å²) in [6.45, 7) is 3.40. The van der Waals surface area contributed by atoms with Crippen molar-refractivity contribution in [1.29, 1.82) is 0 Å². The lowest BCUT2D eigenvalue weighted by Crippen LogP contribution is -2.06. The molecule has 0 aromatic heterocycles. The van der Waals surface area contributed by atoms with Crippen molar-refractivity contribution in [3.05, 3.63) is 65.0 Å². The first kappa shape index (κ1) is 19.8. The Bertz CT molecular complexity index is 775. The topological polar surface area (TPSA) is 18.5 Å². The van der Waals surface area contributed by atoms with Gasteiger partial charge in [0.1, 0.15) is 12.0 Å². The first-order valence-corrected chi connectivity index (χ1v) is 8.27. The maximum atomic E-state index is 14.2. The largest absolute Gasteiger partial charge is 0.491 e. The van der Waals surface area contributed by atoms with Crippen molar-refractivity contribution in [3.63, 3.8) is 0 Å². The maximum Gasteiger partial charge on any atom is 0.204 e. The summed E-state index contributed by atoms with van der Waals surface area (Å²) < 4.78 is 65.9. The lowest BCUT2D eigenvalue weighted by Gasteiger charge is -2.13. The summed E-state index contributed by atoms with van der Waals surface area (Å²) in [6.07, 6.45) is 1.63. The first-order chi connectivity index (χ1) is 12.5. The summed E-state index contributed by atoms with van der Waals surface area (Å²) in [6, 6.07) is 6.66. The minimum Gasteiger partial charge on any atom is -0.491 e. The number of alkyl halides is 1. The van der Waals surface area contributed by atoms with Crippen LogP contribution in [0.5, 0.6) is 11.5 Å². The van der Waals surface area contributed by atoms with Gasteiger partial charge in [0.25, 0.3) is 0 Å². The molecule has 0 aliphatic rings. The molecule has 2 nitrogen and oxygen atoms in total. The van der Waals surface area contributed by atoms with Crippen molar-refractivity contribution in [2.45, 2.75) is 26.4 Å². The molecule has 0 N–H and O–H groups in total. The van der Waals surface area contributed by atoms with E-state index in [1.807, 2.05) is 0 Å². The van der Waals surface area contributed by atoms with E-state index < -0.39 is 23.6 Å². The van der Waals surface area contributed by atoms with E-state index in [2.05, 4.69) is 0 Å². The molecule has 0 radical (unpaired) electrons. The van der Waals surface area contributed by atoms with Crippen LogP contribution < -0.4 is 9.47 Å². The average Bonchev–Trinajstić information content (AvgIpc) is 2.61. The van der Waals surface area contributed by atoms with Gasteiger partial charge in [-0.15, -0.1) is 0 Å². The van der Waals surface area contributed by atoms with Crippen molar-refractivity contribution in [3.8, 4) is 11.5 Å². The molecule has 0 aliphatic carbocycles. The van der Waals surface area contributed by atoms with Gasteiger partial charge in [-0.05, 0) is 37.6 Å². The fraction of sp³-hybridized carbons (Fsp3) is 0.300. The Morgan fingerprint density at radius 2 is 1.65 bits per heavy atom. The predicted molar refractivity (Wildman–Crippen MR) is 92.6 cm³/mol. The number of hydrogen-bond donors (Lipinski definition) is 0.